The van der Waals surface area contributed by atoms with Crippen molar-refractivity contribution < 1.29 is 17.6 Å². The van der Waals surface area contributed by atoms with E-state index in [1.54, 1.807) is 0 Å². The molecule has 2 N–H and O–H groups in total. The lowest BCUT2D eigenvalue weighted by Gasteiger charge is -2.06. The Labute approximate surface area is 109 Å². The van der Waals surface area contributed by atoms with E-state index in [1.807, 2.05) is 0 Å². The fourth-order valence-electron chi connectivity index (χ4n) is 1.09. The summed E-state index contributed by atoms with van der Waals surface area (Å²) in [6.07, 6.45) is 1.90. The number of hydrogen-bond donors (Lipinski definition) is 2. The maximum Gasteiger partial charge on any atom is 0.254 e. The number of rotatable bonds is 5. The van der Waals surface area contributed by atoms with Crippen LogP contribution in [0.4, 0.5) is 4.39 Å². The molecule has 9 heteroatoms. The summed E-state index contributed by atoms with van der Waals surface area (Å²) in [6, 6.07) is 0.953. The first-order chi connectivity index (χ1) is 8.29. The molecule has 18 heavy (non-hydrogen) atoms. The minimum absolute atomic E-state index is 0.0327. The zero-order valence-electron chi connectivity index (χ0n) is 9.41. The van der Waals surface area contributed by atoms with E-state index in [-0.39, 0.29) is 23.8 Å². The zero-order valence-corrected chi connectivity index (χ0v) is 11.0. The number of hydrogen-bond acceptors (Lipinski definition) is 4. The van der Waals surface area contributed by atoms with Crippen LogP contribution in [0.5, 0.6) is 0 Å². The van der Waals surface area contributed by atoms with Crippen molar-refractivity contribution in [1.82, 2.24) is 15.0 Å². The lowest BCUT2D eigenvalue weighted by molar-refractivity contribution is 0.0953. The SMILES string of the molecule is CS(=O)(=O)NCCNC(=O)c1cc(F)cnc1Cl. The summed E-state index contributed by atoms with van der Waals surface area (Å²) in [7, 11) is -3.30. The van der Waals surface area contributed by atoms with E-state index < -0.39 is 21.7 Å². The van der Waals surface area contributed by atoms with Crippen molar-refractivity contribution in [1.29, 1.82) is 0 Å². The Hall–Kier alpha value is -1.25. The molecule has 0 aliphatic rings. The summed E-state index contributed by atoms with van der Waals surface area (Å²) < 4.78 is 36.5. The molecule has 0 aliphatic heterocycles. The summed E-state index contributed by atoms with van der Waals surface area (Å²) in [5.41, 5.74) is -0.101. The van der Waals surface area contributed by atoms with Crippen LogP contribution in [0.15, 0.2) is 12.3 Å². The molecule has 6 nitrogen and oxygen atoms in total. The molecule has 0 atom stereocenters. The van der Waals surface area contributed by atoms with Gasteiger partial charge in [-0.25, -0.2) is 22.5 Å². The molecule has 0 bridgehead atoms. The van der Waals surface area contributed by atoms with Crippen molar-refractivity contribution >= 4 is 27.5 Å². The second kappa shape index (κ2) is 6.07. The highest BCUT2D eigenvalue weighted by Gasteiger charge is 2.12. The van der Waals surface area contributed by atoms with Gasteiger partial charge in [-0.05, 0) is 6.07 Å². The minimum Gasteiger partial charge on any atom is -0.351 e. The number of nitrogens with one attached hydrogen (secondary N) is 2. The van der Waals surface area contributed by atoms with Gasteiger partial charge in [-0.3, -0.25) is 4.79 Å². The Morgan fingerprint density at radius 1 is 1.50 bits per heavy atom. The normalized spacial score (nSPS) is 11.3. The highest BCUT2D eigenvalue weighted by Crippen LogP contribution is 2.13. The first kappa shape index (κ1) is 14.8. The fraction of sp³-hybridized carbons (Fsp3) is 0.333. The summed E-state index contributed by atoms with van der Waals surface area (Å²) in [6.45, 7) is 0.0870. The number of halogens is 2. The Bertz CT molecular complexity index is 550. The predicted molar refractivity (Wildman–Crippen MR) is 64.4 cm³/mol. The average molecular weight is 296 g/mol. The molecule has 1 aromatic heterocycles. The number of sulfonamides is 1. The van der Waals surface area contributed by atoms with Crippen LogP contribution in [-0.4, -0.2) is 38.7 Å². The van der Waals surface area contributed by atoms with Crippen molar-refractivity contribution in [2.45, 2.75) is 0 Å². The van der Waals surface area contributed by atoms with Gasteiger partial charge in [0, 0.05) is 13.1 Å². The van der Waals surface area contributed by atoms with Crippen molar-refractivity contribution in [3.05, 3.63) is 28.8 Å². The van der Waals surface area contributed by atoms with E-state index in [9.17, 15) is 17.6 Å². The summed E-state index contributed by atoms with van der Waals surface area (Å²) in [5, 5.41) is 2.26. The van der Waals surface area contributed by atoms with Crippen LogP contribution in [-0.2, 0) is 10.0 Å². The van der Waals surface area contributed by atoms with Gasteiger partial charge >= 0.3 is 0 Å². The van der Waals surface area contributed by atoms with Crippen LogP contribution in [0.25, 0.3) is 0 Å². The third kappa shape index (κ3) is 4.94. The molecule has 0 spiro atoms. The molecule has 0 radical (unpaired) electrons. The third-order valence-electron chi connectivity index (χ3n) is 1.83. The topological polar surface area (TPSA) is 88.2 Å². The lowest BCUT2D eigenvalue weighted by Crippen LogP contribution is -2.34. The molecule has 1 aromatic rings. The van der Waals surface area contributed by atoms with Crippen molar-refractivity contribution in [2.24, 2.45) is 0 Å². The van der Waals surface area contributed by atoms with Gasteiger partial charge in [0.25, 0.3) is 5.91 Å². The molecular formula is C9H11ClFN3O3S. The summed E-state index contributed by atoms with van der Waals surface area (Å²) in [5.74, 6) is -1.30. The zero-order chi connectivity index (χ0) is 13.8. The van der Waals surface area contributed by atoms with Gasteiger partial charge in [-0.2, -0.15) is 0 Å². The van der Waals surface area contributed by atoms with Crippen LogP contribution in [0.3, 0.4) is 0 Å². The molecular weight excluding hydrogens is 285 g/mol. The van der Waals surface area contributed by atoms with E-state index in [1.165, 1.54) is 0 Å². The van der Waals surface area contributed by atoms with Gasteiger partial charge in [-0.15, -0.1) is 0 Å². The smallest absolute Gasteiger partial charge is 0.254 e. The van der Waals surface area contributed by atoms with Gasteiger partial charge in [0.05, 0.1) is 18.0 Å². The summed E-state index contributed by atoms with van der Waals surface area (Å²) >= 11 is 5.63. The molecule has 0 fully saturated rings. The Morgan fingerprint density at radius 3 is 2.78 bits per heavy atom. The monoisotopic (exact) mass is 295 g/mol. The highest BCUT2D eigenvalue weighted by molar-refractivity contribution is 7.88. The summed E-state index contributed by atoms with van der Waals surface area (Å²) in [4.78, 5) is 15.0. The van der Waals surface area contributed by atoms with Crippen LogP contribution in [0, 0.1) is 5.82 Å². The van der Waals surface area contributed by atoms with Crippen LogP contribution in [0.2, 0.25) is 5.15 Å². The standard InChI is InChI=1S/C9H11ClFN3O3S/c1-18(16,17)14-3-2-12-9(15)7-4-6(11)5-13-8(7)10/h4-5,14H,2-3H2,1H3,(H,12,15). The van der Waals surface area contributed by atoms with E-state index in [2.05, 4.69) is 15.0 Å². The Balaban J connectivity index is 2.53. The molecule has 100 valence electrons. The average Bonchev–Trinajstić information content (AvgIpc) is 2.26. The lowest BCUT2D eigenvalue weighted by atomic mass is 10.2. The van der Waals surface area contributed by atoms with Crippen LogP contribution >= 0.6 is 11.6 Å². The molecule has 1 heterocycles. The second-order valence-corrected chi connectivity index (χ2v) is 5.61. The van der Waals surface area contributed by atoms with Gasteiger partial charge in [0.15, 0.2) is 0 Å². The van der Waals surface area contributed by atoms with E-state index >= 15 is 0 Å². The molecule has 0 aliphatic carbocycles. The first-order valence-corrected chi connectivity index (χ1v) is 7.10. The number of nitrogens with zero attached hydrogens (tertiary/aromatic N) is 1. The van der Waals surface area contributed by atoms with E-state index in [0.29, 0.717) is 0 Å². The van der Waals surface area contributed by atoms with Crippen LogP contribution < -0.4 is 10.0 Å². The molecule has 0 saturated carbocycles. The van der Waals surface area contributed by atoms with Crippen molar-refractivity contribution in [3.63, 3.8) is 0 Å². The van der Waals surface area contributed by atoms with Gasteiger partial charge in [0.1, 0.15) is 11.0 Å². The Kier molecular flexibility index (Phi) is 5.00. The van der Waals surface area contributed by atoms with E-state index in [0.717, 1.165) is 18.5 Å². The first-order valence-electron chi connectivity index (χ1n) is 4.83. The molecule has 0 aromatic carbocycles. The molecule has 0 unspecified atom stereocenters. The maximum absolute atomic E-state index is 12.9. The molecule has 0 saturated heterocycles. The largest absolute Gasteiger partial charge is 0.351 e. The number of pyridine rings is 1. The minimum atomic E-state index is -3.30. The van der Waals surface area contributed by atoms with Crippen molar-refractivity contribution in [2.75, 3.05) is 19.3 Å². The van der Waals surface area contributed by atoms with Gasteiger partial charge in [0.2, 0.25) is 10.0 Å². The number of aromatic nitrogens is 1. The predicted octanol–water partition coefficient (Wildman–Crippen LogP) is 0.153. The quantitative estimate of drug-likeness (QED) is 0.598. The molecule has 1 amide bonds. The van der Waals surface area contributed by atoms with E-state index in [4.69, 9.17) is 11.6 Å². The maximum atomic E-state index is 12.9. The number of carbonyl (C=O) groups excluding carboxylic acids is 1. The van der Waals surface area contributed by atoms with Gasteiger partial charge in [-0.1, -0.05) is 11.6 Å². The van der Waals surface area contributed by atoms with Crippen molar-refractivity contribution in [3.8, 4) is 0 Å². The fourth-order valence-corrected chi connectivity index (χ4v) is 1.75. The number of amides is 1. The third-order valence-corrected chi connectivity index (χ3v) is 2.85. The number of carbonyl (C=O) groups is 1. The molecule has 1 rings (SSSR count). The van der Waals surface area contributed by atoms with Crippen LogP contribution in [0.1, 0.15) is 10.4 Å². The van der Waals surface area contributed by atoms with Gasteiger partial charge < -0.3 is 5.32 Å². The Morgan fingerprint density at radius 2 is 2.17 bits per heavy atom. The highest BCUT2D eigenvalue weighted by atomic mass is 35.5. The second-order valence-electron chi connectivity index (χ2n) is 3.41.